The van der Waals surface area contributed by atoms with E-state index < -0.39 is 0 Å². The molecule has 1 unspecified atom stereocenters. The Morgan fingerprint density at radius 1 is 1.09 bits per heavy atom. The number of nitrogens with one attached hydrogen (secondary N) is 2. The summed E-state index contributed by atoms with van der Waals surface area (Å²) in [7, 11) is 3.22. The van der Waals surface area contributed by atoms with E-state index >= 15 is 0 Å². The fourth-order valence-corrected chi connectivity index (χ4v) is 2.10. The Bertz CT molecular complexity index is 661. The van der Waals surface area contributed by atoms with Crippen LogP contribution in [0.4, 0.5) is 17.5 Å². The predicted octanol–water partition coefficient (Wildman–Crippen LogP) is 3.76. The van der Waals surface area contributed by atoms with Crippen LogP contribution < -0.4 is 20.1 Å². The Kier molecular flexibility index (Phi) is 5.62. The first-order valence-corrected chi connectivity index (χ1v) is 7.67. The molecule has 1 heterocycles. The number of aryl methyl sites for hydroxylation is 1. The minimum Gasteiger partial charge on any atom is -0.493 e. The highest BCUT2D eigenvalue weighted by molar-refractivity contribution is 5.60. The number of anilines is 3. The second kappa shape index (κ2) is 7.67. The average Bonchev–Trinajstić information content (AvgIpc) is 2.54. The number of aromatic nitrogens is 2. The fourth-order valence-electron chi connectivity index (χ4n) is 2.10. The summed E-state index contributed by atoms with van der Waals surface area (Å²) in [5, 5.41) is 6.57. The lowest BCUT2D eigenvalue weighted by Crippen LogP contribution is -2.15. The molecule has 2 N–H and O–H groups in total. The number of methoxy groups -OCH3 is 2. The van der Waals surface area contributed by atoms with E-state index in [2.05, 4.69) is 34.4 Å². The van der Waals surface area contributed by atoms with Crippen molar-refractivity contribution in [2.24, 2.45) is 0 Å². The highest BCUT2D eigenvalue weighted by Crippen LogP contribution is 2.30. The molecule has 124 valence electrons. The summed E-state index contributed by atoms with van der Waals surface area (Å²) in [6, 6.07) is 7.89. The molecule has 6 heteroatoms. The van der Waals surface area contributed by atoms with Gasteiger partial charge in [-0.25, -0.2) is 4.98 Å². The number of benzene rings is 1. The highest BCUT2D eigenvalue weighted by Gasteiger charge is 2.08. The SMILES string of the molecule is CCC(C)Nc1cc(C)nc(Nc2ccc(OC)c(OC)c2)n1. The standard InChI is InChI=1S/C17H24N4O2/c1-6-11(2)18-16-9-12(3)19-17(21-16)20-13-7-8-14(22-4)15(10-13)23-5/h7-11H,6H2,1-5H3,(H2,18,19,20,21). The van der Waals surface area contributed by atoms with Crippen LogP contribution in [0.1, 0.15) is 26.0 Å². The molecular formula is C17H24N4O2. The van der Waals surface area contributed by atoms with Crippen molar-refractivity contribution in [3.63, 3.8) is 0 Å². The van der Waals surface area contributed by atoms with E-state index in [4.69, 9.17) is 9.47 Å². The van der Waals surface area contributed by atoms with Gasteiger partial charge in [-0.3, -0.25) is 0 Å². The van der Waals surface area contributed by atoms with Gasteiger partial charge < -0.3 is 20.1 Å². The maximum absolute atomic E-state index is 5.31. The topological polar surface area (TPSA) is 68.3 Å². The van der Waals surface area contributed by atoms with Crippen LogP contribution in [0.15, 0.2) is 24.3 Å². The Labute approximate surface area is 137 Å². The third-order valence-electron chi connectivity index (χ3n) is 3.50. The molecule has 6 nitrogen and oxygen atoms in total. The Balaban J connectivity index is 2.22. The van der Waals surface area contributed by atoms with Crippen LogP contribution in [-0.2, 0) is 0 Å². The molecule has 1 atom stereocenters. The van der Waals surface area contributed by atoms with Gasteiger partial charge >= 0.3 is 0 Å². The van der Waals surface area contributed by atoms with Gasteiger partial charge in [0.2, 0.25) is 5.95 Å². The lowest BCUT2D eigenvalue weighted by molar-refractivity contribution is 0.355. The van der Waals surface area contributed by atoms with Gasteiger partial charge in [-0.15, -0.1) is 0 Å². The quantitative estimate of drug-likeness (QED) is 0.810. The van der Waals surface area contributed by atoms with Crippen molar-refractivity contribution >= 4 is 17.5 Å². The minimum absolute atomic E-state index is 0.359. The molecule has 0 aliphatic carbocycles. The van der Waals surface area contributed by atoms with Crippen molar-refractivity contribution in [3.8, 4) is 11.5 Å². The molecular weight excluding hydrogens is 292 g/mol. The summed E-state index contributed by atoms with van der Waals surface area (Å²) in [4.78, 5) is 8.94. The van der Waals surface area contributed by atoms with Crippen LogP contribution in [0.5, 0.6) is 11.5 Å². The summed E-state index contributed by atoms with van der Waals surface area (Å²) in [6.07, 6.45) is 1.03. The van der Waals surface area contributed by atoms with E-state index in [1.165, 1.54) is 0 Å². The molecule has 2 aromatic rings. The molecule has 0 saturated carbocycles. The van der Waals surface area contributed by atoms with Crippen molar-refractivity contribution in [2.75, 3.05) is 24.9 Å². The smallest absolute Gasteiger partial charge is 0.229 e. The number of ether oxygens (including phenoxy) is 2. The van der Waals surface area contributed by atoms with Gasteiger partial charge in [0.1, 0.15) is 5.82 Å². The van der Waals surface area contributed by atoms with Crippen LogP contribution in [0.25, 0.3) is 0 Å². The first-order chi connectivity index (χ1) is 11.0. The number of hydrogen-bond acceptors (Lipinski definition) is 6. The zero-order chi connectivity index (χ0) is 16.8. The third-order valence-corrected chi connectivity index (χ3v) is 3.50. The molecule has 0 radical (unpaired) electrons. The summed E-state index contributed by atoms with van der Waals surface area (Å²) in [5.74, 6) is 2.70. The molecule has 0 amide bonds. The Morgan fingerprint density at radius 2 is 1.83 bits per heavy atom. The van der Waals surface area contributed by atoms with E-state index in [1.54, 1.807) is 14.2 Å². The third kappa shape index (κ3) is 4.48. The van der Waals surface area contributed by atoms with Gasteiger partial charge in [0, 0.05) is 29.6 Å². The maximum Gasteiger partial charge on any atom is 0.229 e. The number of nitrogens with zero attached hydrogens (tertiary/aromatic N) is 2. The average molecular weight is 316 g/mol. The van der Waals surface area contributed by atoms with E-state index in [9.17, 15) is 0 Å². The van der Waals surface area contributed by atoms with Gasteiger partial charge in [-0.1, -0.05) is 6.92 Å². The van der Waals surface area contributed by atoms with E-state index in [1.807, 2.05) is 31.2 Å². The highest BCUT2D eigenvalue weighted by atomic mass is 16.5. The molecule has 23 heavy (non-hydrogen) atoms. The van der Waals surface area contributed by atoms with Gasteiger partial charge in [0.15, 0.2) is 11.5 Å². The second-order valence-electron chi connectivity index (χ2n) is 5.37. The molecule has 0 aliphatic heterocycles. The Hall–Kier alpha value is -2.50. The van der Waals surface area contributed by atoms with Crippen molar-refractivity contribution in [2.45, 2.75) is 33.2 Å². The summed E-state index contributed by atoms with van der Waals surface area (Å²) >= 11 is 0. The molecule has 1 aromatic heterocycles. The molecule has 1 aromatic carbocycles. The van der Waals surface area contributed by atoms with Crippen molar-refractivity contribution in [1.29, 1.82) is 0 Å². The molecule has 0 bridgehead atoms. The van der Waals surface area contributed by atoms with Crippen LogP contribution in [0.3, 0.4) is 0 Å². The van der Waals surface area contributed by atoms with E-state index in [-0.39, 0.29) is 0 Å². The normalized spacial score (nSPS) is 11.7. The van der Waals surface area contributed by atoms with Gasteiger partial charge in [0.25, 0.3) is 0 Å². The number of rotatable bonds is 7. The molecule has 0 aliphatic rings. The van der Waals surface area contributed by atoms with Crippen LogP contribution >= 0.6 is 0 Å². The molecule has 2 rings (SSSR count). The van der Waals surface area contributed by atoms with Crippen LogP contribution in [-0.4, -0.2) is 30.2 Å². The van der Waals surface area contributed by atoms with Crippen molar-refractivity contribution in [3.05, 3.63) is 30.0 Å². The minimum atomic E-state index is 0.359. The lowest BCUT2D eigenvalue weighted by atomic mass is 10.2. The predicted molar refractivity (Wildman–Crippen MR) is 93.0 cm³/mol. The largest absolute Gasteiger partial charge is 0.493 e. The second-order valence-corrected chi connectivity index (χ2v) is 5.37. The van der Waals surface area contributed by atoms with Crippen LogP contribution in [0.2, 0.25) is 0 Å². The first kappa shape index (κ1) is 16.9. The van der Waals surface area contributed by atoms with Gasteiger partial charge in [-0.2, -0.15) is 4.98 Å². The van der Waals surface area contributed by atoms with Gasteiger partial charge in [-0.05, 0) is 32.4 Å². The van der Waals surface area contributed by atoms with Crippen LogP contribution in [0, 0.1) is 6.92 Å². The van der Waals surface area contributed by atoms with Crippen molar-refractivity contribution < 1.29 is 9.47 Å². The van der Waals surface area contributed by atoms with E-state index in [0.717, 1.165) is 23.6 Å². The van der Waals surface area contributed by atoms with E-state index in [0.29, 0.717) is 23.5 Å². The summed E-state index contributed by atoms with van der Waals surface area (Å²) in [6.45, 7) is 6.21. The number of hydrogen-bond donors (Lipinski definition) is 2. The lowest BCUT2D eigenvalue weighted by Gasteiger charge is -2.14. The molecule has 0 fully saturated rings. The first-order valence-electron chi connectivity index (χ1n) is 7.67. The zero-order valence-electron chi connectivity index (χ0n) is 14.3. The van der Waals surface area contributed by atoms with Crippen molar-refractivity contribution in [1.82, 2.24) is 9.97 Å². The monoisotopic (exact) mass is 316 g/mol. The molecule has 0 spiro atoms. The molecule has 0 saturated heterocycles. The fraction of sp³-hybridized carbons (Fsp3) is 0.412. The Morgan fingerprint density at radius 3 is 2.48 bits per heavy atom. The summed E-state index contributed by atoms with van der Waals surface area (Å²) in [5.41, 5.74) is 1.73. The maximum atomic E-state index is 5.31. The summed E-state index contributed by atoms with van der Waals surface area (Å²) < 4.78 is 10.6. The zero-order valence-corrected chi connectivity index (χ0v) is 14.3. The van der Waals surface area contributed by atoms with Gasteiger partial charge in [0.05, 0.1) is 14.2 Å².